The van der Waals surface area contributed by atoms with Gasteiger partial charge in [-0.2, -0.15) is 5.26 Å². The molecule has 78 valence electrons. The minimum absolute atomic E-state index is 0.0130. The number of hydrogen-bond acceptors (Lipinski definition) is 3. The Balaban J connectivity index is 2.68. The van der Waals surface area contributed by atoms with Crippen molar-refractivity contribution in [2.75, 3.05) is 19.6 Å². The summed E-state index contributed by atoms with van der Waals surface area (Å²) >= 11 is 0. The molecular formula is C10H17N3O. The standard InChI is InChI=1S/C10H17N3O/c1-8(2)10(3-5-12-7-10)9(14)13-6-4-11/h8,12H,3,5-7H2,1-2H3,(H,13,14). The summed E-state index contributed by atoms with van der Waals surface area (Å²) in [6, 6.07) is 1.93. The van der Waals surface area contributed by atoms with Gasteiger partial charge in [0.05, 0.1) is 11.5 Å². The summed E-state index contributed by atoms with van der Waals surface area (Å²) in [4.78, 5) is 11.9. The highest BCUT2D eigenvalue weighted by atomic mass is 16.2. The lowest BCUT2D eigenvalue weighted by Crippen LogP contribution is -2.46. The Labute approximate surface area is 84.7 Å². The molecule has 2 N–H and O–H groups in total. The molecule has 1 amide bonds. The summed E-state index contributed by atoms with van der Waals surface area (Å²) in [7, 11) is 0. The molecule has 1 fully saturated rings. The molecule has 1 atom stereocenters. The van der Waals surface area contributed by atoms with E-state index in [4.69, 9.17) is 5.26 Å². The maximum Gasteiger partial charge on any atom is 0.228 e. The smallest absolute Gasteiger partial charge is 0.228 e. The van der Waals surface area contributed by atoms with Crippen molar-refractivity contribution in [2.45, 2.75) is 20.3 Å². The molecule has 0 aromatic rings. The van der Waals surface area contributed by atoms with E-state index < -0.39 is 0 Å². The van der Waals surface area contributed by atoms with Crippen molar-refractivity contribution < 1.29 is 4.79 Å². The predicted octanol–water partition coefficient (Wildman–Crippen LogP) is 0.262. The Hall–Kier alpha value is -1.08. The molecule has 1 unspecified atom stereocenters. The van der Waals surface area contributed by atoms with Crippen molar-refractivity contribution in [3.63, 3.8) is 0 Å². The highest BCUT2D eigenvalue weighted by molar-refractivity contribution is 5.83. The van der Waals surface area contributed by atoms with Gasteiger partial charge in [-0.15, -0.1) is 0 Å². The molecule has 1 rings (SSSR count). The fourth-order valence-electron chi connectivity index (χ4n) is 1.96. The molecule has 1 saturated heterocycles. The molecule has 4 heteroatoms. The Kier molecular flexibility index (Phi) is 3.48. The van der Waals surface area contributed by atoms with Crippen LogP contribution in [0, 0.1) is 22.7 Å². The van der Waals surface area contributed by atoms with Crippen molar-refractivity contribution in [1.29, 1.82) is 5.26 Å². The van der Waals surface area contributed by atoms with Crippen LogP contribution in [0.2, 0.25) is 0 Å². The summed E-state index contributed by atoms with van der Waals surface area (Å²) in [5.41, 5.74) is -0.309. The van der Waals surface area contributed by atoms with Crippen LogP contribution in [0.4, 0.5) is 0 Å². The molecule has 0 saturated carbocycles. The number of carbonyl (C=O) groups is 1. The minimum atomic E-state index is -0.309. The third kappa shape index (κ3) is 1.88. The third-order valence-corrected chi connectivity index (χ3v) is 3.07. The molecule has 1 aliphatic heterocycles. The van der Waals surface area contributed by atoms with Crippen molar-refractivity contribution in [3.8, 4) is 6.07 Å². The molecule has 1 aliphatic rings. The van der Waals surface area contributed by atoms with E-state index in [9.17, 15) is 4.79 Å². The van der Waals surface area contributed by atoms with Crippen LogP contribution < -0.4 is 10.6 Å². The SMILES string of the molecule is CC(C)C1(C(=O)NCC#N)CCNC1. The van der Waals surface area contributed by atoms with Gasteiger partial charge in [0.15, 0.2) is 0 Å². The van der Waals surface area contributed by atoms with Crippen molar-refractivity contribution in [1.82, 2.24) is 10.6 Å². The average molecular weight is 195 g/mol. The number of nitriles is 1. The van der Waals surface area contributed by atoms with Gasteiger partial charge < -0.3 is 10.6 Å². The zero-order valence-corrected chi connectivity index (χ0v) is 8.76. The topological polar surface area (TPSA) is 64.9 Å². The van der Waals surface area contributed by atoms with Crippen LogP contribution in [0.1, 0.15) is 20.3 Å². The van der Waals surface area contributed by atoms with Gasteiger partial charge in [0.2, 0.25) is 5.91 Å². The van der Waals surface area contributed by atoms with Crippen LogP contribution >= 0.6 is 0 Å². The van der Waals surface area contributed by atoms with E-state index >= 15 is 0 Å². The van der Waals surface area contributed by atoms with Gasteiger partial charge in [0.1, 0.15) is 6.54 Å². The first-order valence-corrected chi connectivity index (χ1v) is 4.99. The Morgan fingerprint density at radius 3 is 2.86 bits per heavy atom. The molecule has 0 aliphatic carbocycles. The molecule has 1 heterocycles. The lowest BCUT2D eigenvalue weighted by Gasteiger charge is -2.30. The van der Waals surface area contributed by atoms with E-state index in [2.05, 4.69) is 24.5 Å². The van der Waals surface area contributed by atoms with Gasteiger partial charge in [0, 0.05) is 6.54 Å². The lowest BCUT2D eigenvalue weighted by molar-refractivity contribution is -0.132. The van der Waals surface area contributed by atoms with Gasteiger partial charge in [-0.1, -0.05) is 13.8 Å². The first kappa shape index (κ1) is 11.0. The van der Waals surface area contributed by atoms with Crippen LogP contribution in [-0.4, -0.2) is 25.5 Å². The molecule has 0 aromatic heterocycles. The molecule has 0 spiro atoms. The number of hydrogen-bond donors (Lipinski definition) is 2. The quantitative estimate of drug-likeness (QED) is 0.635. The summed E-state index contributed by atoms with van der Waals surface area (Å²) in [6.07, 6.45) is 0.863. The van der Waals surface area contributed by atoms with Gasteiger partial charge in [-0.25, -0.2) is 0 Å². The third-order valence-electron chi connectivity index (χ3n) is 3.07. The molecular weight excluding hydrogens is 178 g/mol. The summed E-state index contributed by atoms with van der Waals surface area (Å²) < 4.78 is 0. The van der Waals surface area contributed by atoms with E-state index in [1.807, 2.05) is 6.07 Å². The monoisotopic (exact) mass is 195 g/mol. The van der Waals surface area contributed by atoms with E-state index in [1.165, 1.54) is 0 Å². The fourth-order valence-corrected chi connectivity index (χ4v) is 1.96. The largest absolute Gasteiger partial charge is 0.342 e. The first-order valence-electron chi connectivity index (χ1n) is 4.99. The second-order valence-corrected chi connectivity index (χ2v) is 4.08. The van der Waals surface area contributed by atoms with Gasteiger partial charge in [0.25, 0.3) is 0 Å². The van der Waals surface area contributed by atoms with Crippen LogP contribution in [0.3, 0.4) is 0 Å². The summed E-state index contributed by atoms with van der Waals surface area (Å²) in [5, 5.41) is 14.3. The maximum atomic E-state index is 11.9. The molecule has 0 radical (unpaired) electrons. The molecule has 0 bridgehead atoms. The predicted molar refractivity (Wildman–Crippen MR) is 53.4 cm³/mol. The lowest BCUT2D eigenvalue weighted by atomic mass is 9.75. The zero-order valence-electron chi connectivity index (χ0n) is 8.76. The average Bonchev–Trinajstić information content (AvgIpc) is 2.63. The molecule has 14 heavy (non-hydrogen) atoms. The van der Waals surface area contributed by atoms with Crippen molar-refractivity contribution in [2.24, 2.45) is 11.3 Å². The van der Waals surface area contributed by atoms with Crippen LogP contribution in [-0.2, 0) is 4.79 Å². The van der Waals surface area contributed by atoms with E-state index in [-0.39, 0.29) is 17.9 Å². The molecule has 0 aromatic carbocycles. The highest BCUT2D eigenvalue weighted by Crippen LogP contribution is 2.34. The van der Waals surface area contributed by atoms with E-state index in [0.717, 1.165) is 19.5 Å². The number of nitrogens with one attached hydrogen (secondary N) is 2. The van der Waals surface area contributed by atoms with Crippen LogP contribution in [0.5, 0.6) is 0 Å². The van der Waals surface area contributed by atoms with Gasteiger partial charge >= 0.3 is 0 Å². The Morgan fingerprint density at radius 2 is 2.43 bits per heavy atom. The zero-order chi connectivity index (χ0) is 10.6. The highest BCUT2D eigenvalue weighted by Gasteiger charge is 2.43. The Morgan fingerprint density at radius 1 is 1.71 bits per heavy atom. The fraction of sp³-hybridized carbons (Fsp3) is 0.800. The van der Waals surface area contributed by atoms with E-state index in [0.29, 0.717) is 5.92 Å². The maximum absolute atomic E-state index is 11.9. The van der Waals surface area contributed by atoms with Gasteiger partial charge in [-0.05, 0) is 18.9 Å². The summed E-state index contributed by atoms with van der Waals surface area (Å²) in [6.45, 7) is 5.82. The Bertz CT molecular complexity index is 249. The normalized spacial score (nSPS) is 26.1. The molecule has 4 nitrogen and oxygen atoms in total. The number of carbonyl (C=O) groups excluding carboxylic acids is 1. The number of nitrogens with zero attached hydrogens (tertiary/aromatic N) is 1. The number of amides is 1. The van der Waals surface area contributed by atoms with E-state index in [1.54, 1.807) is 0 Å². The van der Waals surface area contributed by atoms with Crippen LogP contribution in [0.25, 0.3) is 0 Å². The second kappa shape index (κ2) is 4.43. The minimum Gasteiger partial charge on any atom is -0.342 e. The second-order valence-electron chi connectivity index (χ2n) is 4.08. The number of rotatable bonds is 3. The van der Waals surface area contributed by atoms with Crippen molar-refractivity contribution >= 4 is 5.91 Å². The van der Waals surface area contributed by atoms with Crippen LogP contribution in [0.15, 0.2) is 0 Å². The summed E-state index contributed by atoms with van der Waals surface area (Å²) in [5.74, 6) is 0.315. The van der Waals surface area contributed by atoms with Gasteiger partial charge in [-0.3, -0.25) is 4.79 Å². The first-order chi connectivity index (χ1) is 6.63. The van der Waals surface area contributed by atoms with Crippen molar-refractivity contribution in [3.05, 3.63) is 0 Å².